The maximum Gasteiger partial charge on any atom is 0.260 e. The number of methoxy groups -OCH3 is 1. The summed E-state index contributed by atoms with van der Waals surface area (Å²) in [5.41, 5.74) is 1.09. The smallest absolute Gasteiger partial charge is 0.260 e. The Hall–Kier alpha value is -2.40. The Balaban J connectivity index is 1.51. The molecule has 1 aliphatic rings. The minimum Gasteiger partial charge on any atom is -0.493 e. The molecule has 0 N–H and O–H groups in total. The van der Waals surface area contributed by atoms with Crippen molar-refractivity contribution in [2.45, 2.75) is 0 Å². The van der Waals surface area contributed by atoms with Crippen LogP contribution in [0.5, 0.6) is 11.5 Å². The molecule has 1 saturated heterocycles. The third-order valence-electron chi connectivity index (χ3n) is 4.23. The van der Waals surface area contributed by atoms with Gasteiger partial charge in [0, 0.05) is 36.9 Å². The molecule has 0 spiro atoms. The van der Waals surface area contributed by atoms with Crippen LogP contribution in [0.15, 0.2) is 48.5 Å². The van der Waals surface area contributed by atoms with Crippen LogP contribution in [0.25, 0.3) is 0 Å². The maximum absolute atomic E-state index is 12.4. The van der Waals surface area contributed by atoms with E-state index >= 15 is 0 Å². The van der Waals surface area contributed by atoms with Gasteiger partial charge in [-0.15, -0.1) is 0 Å². The third-order valence-corrected chi connectivity index (χ3v) is 4.46. The zero-order valence-electron chi connectivity index (χ0n) is 14.2. The van der Waals surface area contributed by atoms with Gasteiger partial charge in [-0.3, -0.25) is 4.79 Å². The van der Waals surface area contributed by atoms with Crippen molar-refractivity contribution in [1.29, 1.82) is 0 Å². The largest absolute Gasteiger partial charge is 0.493 e. The number of anilines is 1. The van der Waals surface area contributed by atoms with Gasteiger partial charge in [0.25, 0.3) is 5.91 Å². The van der Waals surface area contributed by atoms with Crippen LogP contribution in [-0.4, -0.2) is 50.7 Å². The standard InChI is InChI=1S/C19H21ClN2O3/c1-24-17-7-2-3-8-18(17)25-14-19(23)22-11-9-21(10-12-22)16-6-4-5-15(20)13-16/h2-8,13H,9-12,14H2,1H3. The lowest BCUT2D eigenvalue weighted by Crippen LogP contribution is -2.50. The zero-order chi connectivity index (χ0) is 17.6. The summed E-state index contributed by atoms with van der Waals surface area (Å²) in [5, 5.41) is 0.723. The highest BCUT2D eigenvalue weighted by atomic mass is 35.5. The van der Waals surface area contributed by atoms with Gasteiger partial charge >= 0.3 is 0 Å². The average Bonchev–Trinajstić information content (AvgIpc) is 2.66. The maximum atomic E-state index is 12.4. The van der Waals surface area contributed by atoms with Crippen LogP contribution < -0.4 is 14.4 Å². The lowest BCUT2D eigenvalue weighted by Gasteiger charge is -2.36. The fraction of sp³-hybridized carbons (Fsp3) is 0.316. The molecule has 1 amide bonds. The Bertz CT molecular complexity index is 730. The van der Waals surface area contributed by atoms with Crippen molar-refractivity contribution in [3.05, 3.63) is 53.6 Å². The highest BCUT2D eigenvalue weighted by Crippen LogP contribution is 2.26. The molecule has 3 rings (SSSR count). The van der Waals surface area contributed by atoms with Crippen LogP contribution in [0.4, 0.5) is 5.69 Å². The minimum absolute atomic E-state index is 0.0114. The molecule has 2 aromatic carbocycles. The zero-order valence-corrected chi connectivity index (χ0v) is 14.9. The third kappa shape index (κ3) is 4.37. The van der Waals surface area contributed by atoms with E-state index in [-0.39, 0.29) is 12.5 Å². The summed E-state index contributed by atoms with van der Waals surface area (Å²) in [4.78, 5) is 16.5. The summed E-state index contributed by atoms with van der Waals surface area (Å²) in [6.45, 7) is 2.90. The Kier molecular flexibility index (Phi) is 5.66. The number of rotatable bonds is 5. The van der Waals surface area contributed by atoms with E-state index in [1.165, 1.54) is 0 Å². The lowest BCUT2D eigenvalue weighted by atomic mass is 10.2. The number of amides is 1. The predicted molar refractivity (Wildman–Crippen MR) is 98.7 cm³/mol. The van der Waals surface area contributed by atoms with Crippen molar-refractivity contribution in [1.82, 2.24) is 4.90 Å². The molecule has 0 unspecified atom stereocenters. The van der Waals surface area contributed by atoms with Crippen LogP contribution in [0.1, 0.15) is 0 Å². The number of para-hydroxylation sites is 2. The molecule has 0 aromatic heterocycles. The van der Waals surface area contributed by atoms with E-state index < -0.39 is 0 Å². The van der Waals surface area contributed by atoms with E-state index in [1.807, 2.05) is 47.4 Å². The number of nitrogens with zero attached hydrogens (tertiary/aromatic N) is 2. The van der Waals surface area contributed by atoms with Gasteiger partial charge in [-0.1, -0.05) is 29.8 Å². The first-order chi connectivity index (χ1) is 12.2. The molecule has 1 heterocycles. The van der Waals surface area contributed by atoms with Gasteiger partial charge in [-0.2, -0.15) is 0 Å². The second-order valence-electron chi connectivity index (χ2n) is 5.79. The molecule has 1 fully saturated rings. The molecule has 2 aromatic rings. The Morgan fingerprint density at radius 2 is 1.76 bits per heavy atom. The van der Waals surface area contributed by atoms with E-state index in [0.29, 0.717) is 24.6 Å². The quantitative estimate of drug-likeness (QED) is 0.821. The number of hydrogen-bond donors (Lipinski definition) is 0. The highest BCUT2D eigenvalue weighted by molar-refractivity contribution is 6.30. The summed E-state index contributed by atoms with van der Waals surface area (Å²) in [7, 11) is 1.58. The first kappa shape index (κ1) is 17.4. The molecule has 0 atom stereocenters. The number of ether oxygens (including phenoxy) is 2. The number of piperazine rings is 1. The predicted octanol–water partition coefficient (Wildman–Crippen LogP) is 3.08. The molecule has 0 bridgehead atoms. The molecular formula is C19H21ClN2O3. The topological polar surface area (TPSA) is 42.0 Å². The van der Waals surface area contributed by atoms with Crippen molar-refractivity contribution >= 4 is 23.2 Å². The summed E-state index contributed by atoms with van der Waals surface area (Å²) in [6, 6.07) is 15.1. The van der Waals surface area contributed by atoms with Gasteiger partial charge < -0.3 is 19.3 Å². The van der Waals surface area contributed by atoms with Crippen LogP contribution in [0.3, 0.4) is 0 Å². The van der Waals surface area contributed by atoms with Crippen LogP contribution in [0.2, 0.25) is 5.02 Å². The minimum atomic E-state index is -0.0170. The highest BCUT2D eigenvalue weighted by Gasteiger charge is 2.22. The fourth-order valence-corrected chi connectivity index (χ4v) is 3.04. The van der Waals surface area contributed by atoms with Gasteiger partial charge in [0.2, 0.25) is 0 Å². The second kappa shape index (κ2) is 8.12. The molecule has 132 valence electrons. The number of carbonyl (C=O) groups is 1. The molecule has 1 aliphatic heterocycles. The monoisotopic (exact) mass is 360 g/mol. The first-order valence-corrected chi connectivity index (χ1v) is 8.59. The van der Waals surface area contributed by atoms with E-state index in [2.05, 4.69) is 4.90 Å². The van der Waals surface area contributed by atoms with Crippen LogP contribution in [0, 0.1) is 0 Å². The van der Waals surface area contributed by atoms with E-state index in [9.17, 15) is 4.79 Å². The summed E-state index contributed by atoms with van der Waals surface area (Å²) in [5.74, 6) is 1.19. The molecule has 0 radical (unpaired) electrons. The van der Waals surface area contributed by atoms with Crippen molar-refractivity contribution in [2.24, 2.45) is 0 Å². The SMILES string of the molecule is COc1ccccc1OCC(=O)N1CCN(c2cccc(Cl)c2)CC1. The van der Waals surface area contributed by atoms with Crippen LogP contribution in [-0.2, 0) is 4.79 Å². The normalized spacial score (nSPS) is 14.3. The van der Waals surface area contributed by atoms with E-state index in [1.54, 1.807) is 13.2 Å². The lowest BCUT2D eigenvalue weighted by molar-refractivity contribution is -0.133. The molecule has 0 aliphatic carbocycles. The Morgan fingerprint density at radius 1 is 1.04 bits per heavy atom. The van der Waals surface area contributed by atoms with Gasteiger partial charge in [-0.05, 0) is 30.3 Å². The number of halogens is 1. The van der Waals surface area contributed by atoms with Gasteiger partial charge in [0.15, 0.2) is 18.1 Å². The Morgan fingerprint density at radius 3 is 2.44 bits per heavy atom. The average molecular weight is 361 g/mol. The summed E-state index contributed by atoms with van der Waals surface area (Å²) >= 11 is 6.05. The van der Waals surface area contributed by atoms with E-state index in [0.717, 1.165) is 23.8 Å². The molecule has 0 saturated carbocycles. The van der Waals surface area contributed by atoms with Gasteiger partial charge in [0.1, 0.15) is 0 Å². The number of carbonyl (C=O) groups excluding carboxylic acids is 1. The Labute approximate surface area is 152 Å². The summed E-state index contributed by atoms with van der Waals surface area (Å²) in [6.07, 6.45) is 0. The second-order valence-corrected chi connectivity index (χ2v) is 6.22. The number of benzene rings is 2. The van der Waals surface area contributed by atoms with E-state index in [4.69, 9.17) is 21.1 Å². The van der Waals surface area contributed by atoms with Gasteiger partial charge in [0.05, 0.1) is 7.11 Å². The first-order valence-electron chi connectivity index (χ1n) is 8.21. The molecule has 6 heteroatoms. The number of hydrogen-bond acceptors (Lipinski definition) is 4. The van der Waals surface area contributed by atoms with Crippen molar-refractivity contribution in [2.75, 3.05) is 44.8 Å². The van der Waals surface area contributed by atoms with Gasteiger partial charge in [-0.25, -0.2) is 0 Å². The van der Waals surface area contributed by atoms with Crippen molar-refractivity contribution < 1.29 is 14.3 Å². The molecule has 25 heavy (non-hydrogen) atoms. The molecule has 5 nitrogen and oxygen atoms in total. The fourth-order valence-electron chi connectivity index (χ4n) is 2.86. The molecular weight excluding hydrogens is 340 g/mol. The summed E-state index contributed by atoms with van der Waals surface area (Å²) < 4.78 is 10.9. The van der Waals surface area contributed by atoms with Crippen molar-refractivity contribution in [3.8, 4) is 11.5 Å². The van der Waals surface area contributed by atoms with Crippen molar-refractivity contribution in [3.63, 3.8) is 0 Å². The van der Waals surface area contributed by atoms with Crippen LogP contribution >= 0.6 is 11.6 Å².